The van der Waals surface area contributed by atoms with Gasteiger partial charge in [-0.05, 0) is 64.7 Å². The van der Waals surface area contributed by atoms with E-state index in [4.69, 9.17) is 9.47 Å². The molecule has 0 aliphatic rings. The van der Waals surface area contributed by atoms with Crippen molar-refractivity contribution < 1.29 is 14.4 Å². The molecule has 136 valence electrons. The van der Waals surface area contributed by atoms with Gasteiger partial charge >= 0.3 is 0 Å². The lowest BCUT2D eigenvalue weighted by molar-refractivity contribution is -0.384. The van der Waals surface area contributed by atoms with Gasteiger partial charge in [0.15, 0.2) is 0 Å². The van der Waals surface area contributed by atoms with Crippen molar-refractivity contribution in [3.8, 4) is 11.5 Å². The molecule has 0 aromatic heterocycles. The van der Waals surface area contributed by atoms with Crippen molar-refractivity contribution in [2.24, 2.45) is 0 Å². The van der Waals surface area contributed by atoms with E-state index in [1.807, 2.05) is 54.6 Å². The molecule has 0 amide bonds. The van der Waals surface area contributed by atoms with Crippen LogP contribution in [0.2, 0.25) is 0 Å². The predicted molar refractivity (Wildman–Crippen MR) is 106 cm³/mol. The molecule has 0 unspecified atom stereocenters. The summed E-state index contributed by atoms with van der Waals surface area (Å²) in [6.45, 7) is 0. The number of nitrogens with zero attached hydrogens (tertiary/aromatic N) is 1. The highest BCUT2D eigenvalue weighted by Gasteiger charge is 2.08. The van der Waals surface area contributed by atoms with Gasteiger partial charge in [0.05, 0.1) is 19.1 Å². The Kier molecular flexibility index (Phi) is 5.52. The highest BCUT2D eigenvalue weighted by Crippen LogP contribution is 2.29. The molecule has 3 aromatic rings. The highest BCUT2D eigenvalue weighted by molar-refractivity contribution is 5.91. The number of nitro benzene ring substituents is 1. The quantitative estimate of drug-likeness (QED) is 0.344. The van der Waals surface area contributed by atoms with Gasteiger partial charge in [-0.1, -0.05) is 24.3 Å². The Bertz CT molecular complexity index is 894. The first-order valence-electron chi connectivity index (χ1n) is 8.35. The van der Waals surface area contributed by atoms with Crippen molar-refractivity contribution in [3.05, 3.63) is 99.6 Å². The van der Waals surface area contributed by atoms with E-state index in [1.54, 1.807) is 26.4 Å². The average Bonchev–Trinajstić information content (AvgIpc) is 2.72. The van der Waals surface area contributed by atoms with Crippen LogP contribution in [0.3, 0.4) is 0 Å². The van der Waals surface area contributed by atoms with Crippen molar-refractivity contribution in [2.45, 2.75) is 0 Å². The zero-order valence-electron chi connectivity index (χ0n) is 15.1. The monoisotopic (exact) mass is 361 g/mol. The Morgan fingerprint density at radius 2 is 1.22 bits per heavy atom. The Morgan fingerprint density at radius 3 is 1.59 bits per heavy atom. The van der Waals surface area contributed by atoms with E-state index < -0.39 is 4.92 Å². The molecular weight excluding hydrogens is 342 g/mol. The van der Waals surface area contributed by atoms with Gasteiger partial charge in [0, 0.05) is 12.1 Å². The molecule has 3 aromatic carbocycles. The normalized spacial score (nSPS) is 10.1. The number of hydrogen-bond acceptors (Lipinski definition) is 4. The van der Waals surface area contributed by atoms with Crippen LogP contribution in [0.1, 0.15) is 16.7 Å². The van der Waals surface area contributed by atoms with Crippen LogP contribution in [0, 0.1) is 10.1 Å². The summed E-state index contributed by atoms with van der Waals surface area (Å²) in [4.78, 5) is 10.5. The maximum atomic E-state index is 10.9. The van der Waals surface area contributed by atoms with Gasteiger partial charge in [-0.3, -0.25) is 10.1 Å². The minimum atomic E-state index is -0.401. The standard InChI is InChI=1S/C22H19NO4/c1-26-20-11-5-17(6-12-20)22(18-7-13-21(27-2)14-8-18)15-16-3-9-19(10-4-16)23(24)25/h3-15H,1-2H3. The number of ether oxygens (including phenoxy) is 2. The zero-order chi connectivity index (χ0) is 19.2. The number of methoxy groups -OCH3 is 2. The van der Waals surface area contributed by atoms with Gasteiger partial charge < -0.3 is 9.47 Å². The van der Waals surface area contributed by atoms with Crippen LogP contribution in [0.5, 0.6) is 11.5 Å². The van der Waals surface area contributed by atoms with E-state index in [2.05, 4.69) is 0 Å². The molecule has 0 radical (unpaired) electrons. The summed E-state index contributed by atoms with van der Waals surface area (Å²) in [5.41, 5.74) is 3.97. The largest absolute Gasteiger partial charge is 0.497 e. The molecule has 0 atom stereocenters. The minimum absolute atomic E-state index is 0.0718. The lowest BCUT2D eigenvalue weighted by Gasteiger charge is -2.11. The van der Waals surface area contributed by atoms with E-state index in [1.165, 1.54) is 12.1 Å². The summed E-state index contributed by atoms with van der Waals surface area (Å²) in [6.07, 6.45) is 2.01. The van der Waals surface area contributed by atoms with Crippen molar-refractivity contribution >= 4 is 17.3 Å². The molecular formula is C22H19NO4. The van der Waals surface area contributed by atoms with E-state index in [9.17, 15) is 10.1 Å². The number of benzene rings is 3. The Morgan fingerprint density at radius 1 is 0.778 bits per heavy atom. The van der Waals surface area contributed by atoms with E-state index >= 15 is 0 Å². The molecule has 0 fully saturated rings. The molecule has 0 bridgehead atoms. The maximum absolute atomic E-state index is 10.9. The zero-order valence-corrected chi connectivity index (χ0v) is 15.1. The molecule has 0 aliphatic heterocycles. The van der Waals surface area contributed by atoms with Crippen LogP contribution in [0.15, 0.2) is 72.8 Å². The maximum Gasteiger partial charge on any atom is 0.269 e. The summed E-state index contributed by atoms with van der Waals surface area (Å²) in [7, 11) is 3.26. The van der Waals surface area contributed by atoms with Gasteiger partial charge in [-0.25, -0.2) is 0 Å². The van der Waals surface area contributed by atoms with E-state index in [0.29, 0.717) is 0 Å². The molecule has 3 rings (SSSR count). The Hall–Kier alpha value is -3.60. The number of nitro groups is 1. The fourth-order valence-electron chi connectivity index (χ4n) is 2.73. The van der Waals surface area contributed by atoms with Crippen molar-refractivity contribution in [1.82, 2.24) is 0 Å². The van der Waals surface area contributed by atoms with Gasteiger partial charge in [-0.2, -0.15) is 0 Å². The third kappa shape index (κ3) is 4.33. The third-order valence-corrected chi connectivity index (χ3v) is 4.22. The van der Waals surface area contributed by atoms with Crippen molar-refractivity contribution in [2.75, 3.05) is 14.2 Å². The second-order valence-corrected chi connectivity index (χ2v) is 5.86. The molecule has 0 N–H and O–H groups in total. The molecule has 0 saturated heterocycles. The summed E-state index contributed by atoms with van der Waals surface area (Å²) >= 11 is 0. The Labute approximate surface area is 157 Å². The molecule has 5 nitrogen and oxygen atoms in total. The predicted octanol–water partition coefficient (Wildman–Crippen LogP) is 5.20. The van der Waals surface area contributed by atoms with Gasteiger partial charge in [-0.15, -0.1) is 0 Å². The Balaban J connectivity index is 2.05. The van der Waals surface area contributed by atoms with Crippen molar-refractivity contribution in [1.29, 1.82) is 0 Å². The van der Waals surface area contributed by atoms with Crippen LogP contribution in [-0.2, 0) is 0 Å². The van der Waals surface area contributed by atoms with E-state index in [0.717, 1.165) is 33.8 Å². The second kappa shape index (κ2) is 8.19. The van der Waals surface area contributed by atoms with Gasteiger partial charge in [0.2, 0.25) is 0 Å². The SMILES string of the molecule is COc1ccc(C(=Cc2ccc([N+](=O)[O-])cc2)c2ccc(OC)cc2)cc1. The fraction of sp³-hybridized carbons (Fsp3) is 0.0909. The summed E-state index contributed by atoms with van der Waals surface area (Å²) in [5.74, 6) is 1.56. The second-order valence-electron chi connectivity index (χ2n) is 5.86. The van der Waals surface area contributed by atoms with Crippen LogP contribution >= 0.6 is 0 Å². The van der Waals surface area contributed by atoms with Crippen LogP contribution < -0.4 is 9.47 Å². The van der Waals surface area contributed by atoms with Gasteiger partial charge in [0.25, 0.3) is 5.69 Å². The smallest absolute Gasteiger partial charge is 0.269 e. The van der Waals surface area contributed by atoms with Crippen LogP contribution in [-0.4, -0.2) is 19.1 Å². The summed E-state index contributed by atoms with van der Waals surface area (Å²) < 4.78 is 10.5. The first kappa shape index (κ1) is 18.2. The molecule has 0 heterocycles. The minimum Gasteiger partial charge on any atom is -0.497 e. The van der Waals surface area contributed by atoms with E-state index in [-0.39, 0.29) is 5.69 Å². The van der Waals surface area contributed by atoms with Crippen LogP contribution in [0.4, 0.5) is 5.69 Å². The summed E-state index contributed by atoms with van der Waals surface area (Å²) in [6, 6.07) is 22.1. The summed E-state index contributed by atoms with van der Waals surface area (Å²) in [5, 5.41) is 10.9. The number of non-ortho nitro benzene ring substituents is 1. The number of hydrogen-bond donors (Lipinski definition) is 0. The molecule has 0 spiro atoms. The van der Waals surface area contributed by atoms with Gasteiger partial charge in [0.1, 0.15) is 11.5 Å². The molecule has 5 heteroatoms. The third-order valence-electron chi connectivity index (χ3n) is 4.22. The fourth-order valence-corrected chi connectivity index (χ4v) is 2.73. The van der Waals surface area contributed by atoms with Crippen LogP contribution in [0.25, 0.3) is 11.6 Å². The number of rotatable bonds is 6. The first-order chi connectivity index (χ1) is 13.1. The topological polar surface area (TPSA) is 61.6 Å². The highest BCUT2D eigenvalue weighted by atomic mass is 16.6. The molecule has 0 aliphatic carbocycles. The molecule has 0 saturated carbocycles. The average molecular weight is 361 g/mol. The molecule has 27 heavy (non-hydrogen) atoms. The lowest BCUT2D eigenvalue weighted by atomic mass is 9.95. The first-order valence-corrected chi connectivity index (χ1v) is 8.35. The lowest BCUT2D eigenvalue weighted by Crippen LogP contribution is -1.91. The van der Waals surface area contributed by atoms with Crippen molar-refractivity contribution in [3.63, 3.8) is 0 Å².